The maximum absolute atomic E-state index is 12.7. The SMILES string of the molecule is FC(F)CC1Cc2ccccc2-c2ccccc21. The highest BCUT2D eigenvalue weighted by atomic mass is 19.3. The van der Waals surface area contributed by atoms with Crippen LogP contribution in [0.1, 0.15) is 23.5 Å². The monoisotopic (exact) mass is 244 g/mol. The molecule has 1 aliphatic carbocycles. The number of hydrogen-bond donors (Lipinski definition) is 0. The molecule has 1 aliphatic rings. The molecular weight excluding hydrogens is 230 g/mol. The summed E-state index contributed by atoms with van der Waals surface area (Å²) in [6, 6.07) is 16.0. The molecule has 18 heavy (non-hydrogen) atoms. The van der Waals surface area contributed by atoms with Crippen LogP contribution >= 0.6 is 0 Å². The highest BCUT2D eigenvalue weighted by molar-refractivity contribution is 5.73. The van der Waals surface area contributed by atoms with E-state index in [-0.39, 0.29) is 12.3 Å². The lowest BCUT2D eigenvalue weighted by molar-refractivity contribution is 0.127. The number of alkyl halides is 2. The van der Waals surface area contributed by atoms with Crippen molar-refractivity contribution < 1.29 is 8.78 Å². The molecule has 0 spiro atoms. The topological polar surface area (TPSA) is 0 Å². The number of halogens is 2. The van der Waals surface area contributed by atoms with Crippen molar-refractivity contribution >= 4 is 0 Å². The number of rotatable bonds is 2. The average molecular weight is 244 g/mol. The van der Waals surface area contributed by atoms with E-state index in [1.807, 2.05) is 42.5 Å². The van der Waals surface area contributed by atoms with Gasteiger partial charge in [0.15, 0.2) is 0 Å². The predicted molar refractivity (Wildman–Crippen MR) is 68.9 cm³/mol. The Balaban J connectivity index is 2.11. The highest BCUT2D eigenvalue weighted by Gasteiger charge is 2.26. The largest absolute Gasteiger partial charge is 0.239 e. The summed E-state index contributed by atoms with van der Waals surface area (Å²) in [6.45, 7) is 0. The van der Waals surface area contributed by atoms with Crippen LogP contribution in [0, 0.1) is 0 Å². The van der Waals surface area contributed by atoms with E-state index in [2.05, 4.69) is 6.07 Å². The summed E-state index contributed by atoms with van der Waals surface area (Å²) in [5.41, 5.74) is 4.56. The summed E-state index contributed by atoms with van der Waals surface area (Å²) in [4.78, 5) is 0. The Hall–Kier alpha value is -1.70. The van der Waals surface area contributed by atoms with E-state index < -0.39 is 6.43 Å². The fourth-order valence-corrected chi connectivity index (χ4v) is 2.86. The van der Waals surface area contributed by atoms with Crippen LogP contribution in [0.2, 0.25) is 0 Å². The Morgan fingerprint density at radius 3 is 2.39 bits per heavy atom. The molecule has 2 aromatic rings. The zero-order valence-corrected chi connectivity index (χ0v) is 9.94. The molecule has 0 saturated carbocycles. The fourth-order valence-electron chi connectivity index (χ4n) is 2.86. The molecule has 0 N–H and O–H groups in total. The fraction of sp³-hybridized carbons (Fsp3) is 0.250. The number of hydrogen-bond acceptors (Lipinski definition) is 0. The van der Waals surface area contributed by atoms with E-state index >= 15 is 0 Å². The Labute approximate surface area is 105 Å². The van der Waals surface area contributed by atoms with Gasteiger partial charge in [-0.1, -0.05) is 48.5 Å². The molecule has 0 radical (unpaired) electrons. The van der Waals surface area contributed by atoms with Crippen molar-refractivity contribution in [1.29, 1.82) is 0 Å². The van der Waals surface area contributed by atoms with E-state index in [0.29, 0.717) is 0 Å². The quantitative estimate of drug-likeness (QED) is 0.721. The maximum atomic E-state index is 12.7. The van der Waals surface area contributed by atoms with E-state index in [9.17, 15) is 8.78 Å². The molecule has 0 bridgehead atoms. The smallest absolute Gasteiger partial charge is 0.211 e. The zero-order chi connectivity index (χ0) is 12.5. The highest BCUT2D eigenvalue weighted by Crippen LogP contribution is 2.41. The molecule has 0 heterocycles. The molecule has 1 atom stereocenters. The van der Waals surface area contributed by atoms with E-state index in [1.165, 1.54) is 11.1 Å². The van der Waals surface area contributed by atoms with Gasteiger partial charge in [0.1, 0.15) is 0 Å². The zero-order valence-electron chi connectivity index (χ0n) is 9.94. The first-order valence-corrected chi connectivity index (χ1v) is 6.21. The van der Waals surface area contributed by atoms with Crippen LogP contribution in [-0.2, 0) is 6.42 Å². The molecule has 0 saturated heterocycles. The summed E-state index contributed by atoms with van der Waals surface area (Å²) in [5.74, 6) is -0.0592. The summed E-state index contributed by atoms with van der Waals surface area (Å²) in [7, 11) is 0. The molecule has 0 nitrogen and oxygen atoms in total. The van der Waals surface area contributed by atoms with E-state index in [4.69, 9.17) is 0 Å². The lowest BCUT2D eigenvalue weighted by Crippen LogP contribution is -2.14. The molecule has 0 amide bonds. The molecule has 0 aliphatic heterocycles. The molecule has 0 fully saturated rings. The lowest BCUT2D eigenvalue weighted by Gasteiger charge is -2.27. The third-order valence-corrected chi connectivity index (χ3v) is 3.64. The first-order chi connectivity index (χ1) is 8.75. The normalized spacial score (nSPS) is 17.4. The molecule has 1 unspecified atom stereocenters. The predicted octanol–water partition coefficient (Wildman–Crippen LogP) is 4.65. The average Bonchev–Trinajstić information content (AvgIpc) is 2.38. The van der Waals surface area contributed by atoms with Crippen molar-refractivity contribution in [1.82, 2.24) is 0 Å². The first-order valence-electron chi connectivity index (χ1n) is 6.21. The van der Waals surface area contributed by atoms with Gasteiger partial charge in [-0.05, 0) is 34.6 Å². The van der Waals surface area contributed by atoms with Crippen molar-refractivity contribution in [2.24, 2.45) is 0 Å². The van der Waals surface area contributed by atoms with Crippen LogP contribution in [0.4, 0.5) is 8.78 Å². The van der Waals surface area contributed by atoms with Crippen LogP contribution in [0.3, 0.4) is 0 Å². The molecule has 92 valence electrons. The van der Waals surface area contributed by atoms with Crippen LogP contribution in [0.25, 0.3) is 11.1 Å². The Morgan fingerprint density at radius 2 is 1.61 bits per heavy atom. The van der Waals surface area contributed by atoms with Crippen LogP contribution in [-0.4, -0.2) is 6.43 Å². The van der Waals surface area contributed by atoms with Gasteiger partial charge in [-0.3, -0.25) is 0 Å². The standard InChI is InChI=1S/C16H14F2/c17-16(18)10-12-9-11-5-1-2-6-13(11)15-8-4-3-7-14(12)15/h1-8,12,16H,9-10H2. The summed E-state index contributed by atoms with van der Waals surface area (Å²) < 4.78 is 25.4. The van der Waals surface area contributed by atoms with Gasteiger partial charge < -0.3 is 0 Å². The van der Waals surface area contributed by atoms with E-state index in [1.54, 1.807) is 0 Å². The molecular formula is C16H14F2. The van der Waals surface area contributed by atoms with Gasteiger partial charge in [-0.2, -0.15) is 0 Å². The second-order valence-corrected chi connectivity index (χ2v) is 4.77. The third kappa shape index (κ3) is 1.92. The van der Waals surface area contributed by atoms with Gasteiger partial charge in [0.25, 0.3) is 0 Å². The minimum Gasteiger partial charge on any atom is -0.211 e. The van der Waals surface area contributed by atoms with Gasteiger partial charge in [0.2, 0.25) is 6.43 Å². The van der Waals surface area contributed by atoms with Gasteiger partial charge in [-0.15, -0.1) is 0 Å². The van der Waals surface area contributed by atoms with Crippen molar-refractivity contribution in [3.63, 3.8) is 0 Å². The van der Waals surface area contributed by atoms with Crippen molar-refractivity contribution in [3.05, 3.63) is 59.7 Å². The van der Waals surface area contributed by atoms with Crippen molar-refractivity contribution in [2.45, 2.75) is 25.2 Å². The summed E-state index contributed by atoms with van der Waals surface area (Å²) in [5, 5.41) is 0. The summed E-state index contributed by atoms with van der Waals surface area (Å²) in [6.07, 6.45) is -1.57. The second kappa shape index (κ2) is 4.52. The van der Waals surface area contributed by atoms with Crippen LogP contribution in [0.5, 0.6) is 0 Å². The Morgan fingerprint density at radius 1 is 0.944 bits per heavy atom. The van der Waals surface area contributed by atoms with Crippen molar-refractivity contribution in [2.75, 3.05) is 0 Å². The molecule has 3 rings (SSSR count). The minimum atomic E-state index is -2.24. The van der Waals surface area contributed by atoms with Gasteiger partial charge in [0, 0.05) is 6.42 Å². The van der Waals surface area contributed by atoms with Gasteiger partial charge >= 0.3 is 0 Å². The maximum Gasteiger partial charge on any atom is 0.239 e. The molecule has 2 heteroatoms. The molecule has 2 aromatic carbocycles. The third-order valence-electron chi connectivity index (χ3n) is 3.64. The van der Waals surface area contributed by atoms with Crippen LogP contribution in [0.15, 0.2) is 48.5 Å². The number of benzene rings is 2. The van der Waals surface area contributed by atoms with Crippen molar-refractivity contribution in [3.8, 4) is 11.1 Å². The van der Waals surface area contributed by atoms with Crippen LogP contribution < -0.4 is 0 Å². The first kappa shape index (κ1) is 11.4. The minimum absolute atomic E-state index is 0.0503. The summed E-state index contributed by atoms with van der Waals surface area (Å²) >= 11 is 0. The van der Waals surface area contributed by atoms with E-state index in [0.717, 1.165) is 17.5 Å². The molecule has 0 aromatic heterocycles. The number of fused-ring (bicyclic) bond motifs is 3. The van der Waals surface area contributed by atoms with Gasteiger partial charge in [-0.25, -0.2) is 8.78 Å². The Bertz CT molecular complexity index is 561. The van der Waals surface area contributed by atoms with Gasteiger partial charge in [0.05, 0.1) is 0 Å². The Kier molecular flexibility index (Phi) is 2.86. The second-order valence-electron chi connectivity index (χ2n) is 4.77. The lowest BCUT2D eigenvalue weighted by atomic mass is 9.77.